The van der Waals surface area contributed by atoms with Crippen LogP contribution >= 0.6 is 0 Å². The van der Waals surface area contributed by atoms with E-state index in [9.17, 15) is 27.6 Å². The summed E-state index contributed by atoms with van der Waals surface area (Å²) in [7, 11) is 0. The summed E-state index contributed by atoms with van der Waals surface area (Å²) >= 11 is 0. The Bertz CT molecular complexity index is 1120. The third-order valence-electron chi connectivity index (χ3n) is 5.40. The number of alkyl halides is 3. The average molecular weight is 449 g/mol. The Kier molecular flexibility index (Phi) is 4.99. The Hall–Kier alpha value is -3.76. The van der Waals surface area contributed by atoms with Gasteiger partial charge >= 0.3 is 12.2 Å². The van der Waals surface area contributed by atoms with Crippen LogP contribution in [-0.2, 0) is 21.3 Å². The summed E-state index contributed by atoms with van der Waals surface area (Å²) in [6.45, 7) is 2.84. The lowest BCUT2D eigenvalue weighted by atomic mass is 9.91. The molecule has 8 nitrogen and oxygen atoms in total. The van der Waals surface area contributed by atoms with E-state index in [1.165, 1.54) is 19.9 Å². The van der Waals surface area contributed by atoms with E-state index in [0.717, 1.165) is 23.1 Å². The highest BCUT2D eigenvalue weighted by Gasteiger charge is 2.52. The number of nitrogens with zero attached hydrogens (tertiary/aromatic N) is 1. The topological polar surface area (TPSA) is 97.0 Å². The van der Waals surface area contributed by atoms with Crippen molar-refractivity contribution < 1.29 is 37.0 Å². The first kappa shape index (κ1) is 21.5. The van der Waals surface area contributed by atoms with Gasteiger partial charge in [0.15, 0.2) is 11.5 Å². The smallest absolute Gasteiger partial charge is 0.416 e. The maximum absolute atomic E-state index is 13.2. The Labute approximate surface area is 180 Å². The van der Waals surface area contributed by atoms with E-state index < -0.39 is 41.2 Å². The third-order valence-corrected chi connectivity index (χ3v) is 5.40. The number of fused-ring (bicyclic) bond motifs is 1. The van der Waals surface area contributed by atoms with Gasteiger partial charge in [0.05, 0.1) is 5.56 Å². The number of urea groups is 1. The van der Waals surface area contributed by atoms with E-state index in [-0.39, 0.29) is 12.5 Å². The van der Waals surface area contributed by atoms with Gasteiger partial charge in [-0.15, -0.1) is 0 Å². The van der Waals surface area contributed by atoms with Crippen LogP contribution in [0.4, 0.5) is 23.7 Å². The molecule has 4 rings (SSSR count). The largest absolute Gasteiger partial charge is 0.454 e. The van der Waals surface area contributed by atoms with Crippen molar-refractivity contribution in [3.63, 3.8) is 0 Å². The average Bonchev–Trinajstić information content (AvgIpc) is 3.29. The zero-order chi connectivity index (χ0) is 23.3. The standard InChI is InChI=1S/C21H18F3N3O5/c1-11(17(28)25-14-5-3-4-13(8-14)21(22,23)24)27-18(29)20(2,26-19(27)30)12-6-7-15-16(9-12)32-10-31-15/h3-9,11H,10H2,1-2H3,(H,25,28)(H,26,30)/t11-,20-/m0/s1. The molecule has 1 fully saturated rings. The molecule has 2 heterocycles. The number of halogens is 3. The highest BCUT2D eigenvalue weighted by molar-refractivity contribution is 6.11. The highest BCUT2D eigenvalue weighted by atomic mass is 19.4. The number of rotatable bonds is 4. The Balaban J connectivity index is 1.54. The molecule has 0 spiro atoms. The number of nitrogens with one attached hydrogen (secondary N) is 2. The minimum absolute atomic E-state index is 0.0364. The van der Waals surface area contributed by atoms with Gasteiger partial charge in [-0.1, -0.05) is 12.1 Å². The van der Waals surface area contributed by atoms with Gasteiger partial charge in [-0.3, -0.25) is 9.59 Å². The van der Waals surface area contributed by atoms with E-state index in [2.05, 4.69) is 10.6 Å². The normalized spacial score (nSPS) is 20.8. The van der Waals surface area contributed by atoms with Crippen LogP contribution in [0.5, 0.6) is 11.5 Å². The van der Waals surface area contributed by atoms with Crippen LogP contribution < -0.4 is 20.1 Å². The number of benzene rings is 2. The molecule has 0 unspecified atom stereocenters. The molecule has 0 radical (unpaired) electrons. The SMILES string of the molecule is C[C@@H](C(=O)Nc1cccc(C(F)(F)F)c1)N1C(=O)N[C@@](C)(c2ccc3c(c2)OCO3)C1=O. The van der Waals surface area contributed by atoms with Gasteiger partial charge in [0, 0.05) is 5.69 Å². The summed E-state index contributed by atoms with van der Waals surface area (Å²) in [5.41, 5.74) is -2.09. The van der Waals surface area contributed by atoms with Crippen molar-refractivity contribution in [1.29, 1.82) is 0 Å². The molecule has 2 atom stereocenters. The fourth-order valence-corrected chi connectivity index (χ4v) is 3.55. The molecule has 1 saturated heterocycles. The van der Waals surface area contributed by atoms with E-state index in [4.69, 9.17) is 9.47 Å². The summed E-state index contributed by atoms with van der Waals surface area (Å²) in [6.07, 6.45) is -4.58. The number of imide groups is 1. The molecule has 11 heteroatoms. The predicted octanol–water partition coefficient (Wildman–Crippen LogP) is 3.23. The van der Waals surface area contributed by atoms with Crippen LogP contribution in [0.3, 0.4) is 0 Å². The van der Waals surface area contributed by atoms with Gasteiger partial charge < -0.3 is 20.1 Å². The lowest BCUT2D eigenvalue weighted by molar-refractivity contribution is -0.137. The maximum atomic E-state index is 13.2. The number of hydrogen-bond donors (Lipinski definition) is 2. The molecule has 0 aliphatic carbocycles. The van der Waals surface area contributed by atoms with Gasteiger partial charge in [-0.05, 0) is 49.7 Å². The molecule has 0 bridgehead atoms. The Morgan fingerprint density at radius 1 is 1.16 bits per heavy atom. The summed E-state index contributed by atoms with van der Waals surface area (Å²) in [6, 6.07) is 6.75. The molecule has 0 saturated carbocycles. The Morgan fingerprint density at radius 3 is 2.59 bits per heavy atom. The van der Waals surface area contributed by atoms with Crippen LogP contribution in [0.2, 0.25) is 0 Å². The number of amides is 4. The lowest BCUT2D eigenvalue weighted by Gasteiger charge is -2.24. The second-order valence-corrected chi connectivity index (χ2v) is 7.54. The van der Waals surface area contributed by atoms with Crippen molar-refractivity contribution in [2.45, 2.75) is 31.6 Å². The van der Waals surface area contributed by atoms with Crippen LogP contribution in [0.25, 0.3) is 0 Å². The van der Waals surface area contributed by atoms with Crippen LogP contribution in [0.15, 0.2) is 42.5 Å². The van der Waals surface area contributed by atoms with Crippen molar-refractivity contribution in [2.24, 2.45) is 0 Å². The van der Waals surface area contributed by atoms with E-state index in [1.807, 2.05) is 0 Å². The number of ether oxygens (including phenoxy) is 2. The van der Waals surface area contributed by atoms with E-state index >= 15 is 0 Å². The van der Waals surface area contributed by atoms with Crippen LogP contribution in [0, 0.1) is 0 Å². The minimum Gasteiger partial charge on any atom is -0.454 e. The number of carbonyl (C=O) groups is 3. The molecule has 2 aromatic carbocycles. The van der Waals surface area contributed by atoms with Crippen molar-refractivity contribution in [3.8, 4) is 11.5 Å². The molecular weight excluding hydrogens is 431 g/mol. The zero-order valence-electron chi connectivity index (χ0n) is 16.9. The number of anilines is 1. The third kappa shape index (κ3) is 3.59. The molecule has 32 heavy (non-hydrogen) atoms. The van der Waals surface area contributed by atoms with Gasteiger partial charge in [-0.2, -0.15) is 13.2 Å². The van der Waals surface area contributed by atoms with Gasteiger partial charge in [0.1, 0.15) is 11.6 Å². The molecule has 0 aromatic heterocycles. The fourth-order valence-electron chi connectivity index (χ4n) is 3.55. The molecule has 2 aliphatic heterocycles. The van der Waals surface area contributed by atoms with Gasteiger partial charge in [0.25, 0.3) is 5.91 Å². The summed E-state index contributed by atoms with van der Waals surface area (Å²) in [5.74, 6) is -0.588. The quantitative estimate of drug-likeness (QED) is 0.699. The van der Waals surface area contributed by atoms with Gasteiger partial charge in [0.2, 0.25) is 12.7 Å². The summed E-state index contributed by atoms with van der Waals surface area (Å²) < 4.78 is 49.3. The van der Waals surface area contributed by atoms with E-state index in [1.54, 1.807) is 18.2 Å². The lowest BCUT2D eigenvalue weighted by Crippen LogP contribution is -2.47. The second kappa shape index (κ2) is 7.43. The maximum Gasteiger partial charge on any atom is 0.416 e. The molecule has 2 N–H and O–H groups in total. The summed E-state index contributed by atoms with van der Waals surface area (Å²) in [5, 5.41) is 4.90. The van der Waals surface area contributed by atoms with Crippen molar-refractivity contribution in [3.05, 3.63) is 53.6 Å². The molecule has 4 amide bonds. The first-order chi connectivity index (χ1) is 15.0. The first-order valence-electron chi connectivity index (χ1n) is 9.55. The molecular formula is C21H18F3N3O5. The number of hydrogen-bond acceptors (Lipinski definition) is 5. The summed E-state index contributed by atoms with van der Waals surface area (Å²) in [4.78, 5) is 39.2. The minimum atomic E-state index is -4.58. The monoisotopic (exact) mass is 449 g/mol. The van der Waals surface area contributed by atoms with Crippen molar-refractivity contribution in [1.82, 2.24) is 10.2 Å². The molecule has 2 aliphatic rings. The Morgan fingerprint density at radius 2 is 1.88 bits per heavy atom. The second-order valence-electron chi connectivity index (χ2n) is 7.54. The van der Waals surface area contributed by atoms with E-state index in [0.29, 0.717) is 17.1 Å². The number of carbonyl (C=O) groups excluding carboxylic acids is 3. The zero-order valence-corrected chi connectivity index (χ0v) is 16.9. The first-order valence-corrected chi connectivity index (χ1v) is 9.55. The molecule has 2 aromatic rings. The predicted molar refractivity (Wildman–Crippen MR) is 105 cm³/mol. The van der Waals surface area contributed by atoms with Gasteiger partial charge in [-0.25, -0.2) is 9.69 Å². The molecule has 168 valence electrons. The van der Waals surface area contributed by atoms with Crippen molar-refractivity contribution in [2.75, 3.05) is 12.1 Å². The van der Waals surface area contributed by atoms with Crippen LogP contribution in [0.1, 0.15) is 25.0 Å². The van der Waals surface area contributed by atoms with Crippen molar-refractivity contribution >= 4 is 23.5 Å². The fraction of sp³-hybridized carbons (Fsp3) is 0.286. The highest BCUT2D eigenvalue weighted by Crippen LogP contribution is 2.38. The van der Waals surface area contributed by atoms with Crippen LogP contribution in [-0.4, -0.2) is 35.6 Å².